The van der Waals surface area contributed by atoms with E-state index in [0.717, 1.165) is 31.5 Å². The smallest absolute Gasteiger partial charge is 0.0973 e. The van der Waals surface area contributed by atoms with Gasteiger partial charge in [-0.1, -0.05) is 58.0 Å². The molecule has 0 aliphatic rings. The van der Waals surface area contributed by atoms with Crippen molar-refractivity contribution in [3.8, 4) is 0 Å². The quantitative estimate of drug-likeness (QED) is 0.798. The van der Waals surface area contributed by atoms with Crippen LogP contribution < -0.4 is 0 Å². The second kappa shape index (κ2) is 6.91. The molecule has 0 amide bonds. The molecule has 1 atom stereocenters. The van der Waals surface area contributed by atoms with Gasteiger partial charge in [-0.2, -0.15) is 0 Å². The van der Waals surface area contributed by atoms with Crippen molar-refractivity contribution < 1.29 is 5.11 Å². The molecular weight excluding hydrogens is 222 g/mol. The number of rotatable bonds is 7. The molecule has 1 N–H and O–H groups in total. The minimum atomic E-state index is -0.423. The van der Waals surface area contributed by atoms with Crippen molar-refractivity contribution in [3.05, 3.63) is 35.9 Å². The Morgan fingerprint density at radius 3 is 1.89 bits per heavy atom. The molecule has 0 aliphatic heterocycles. The van der Waals surface area contributed by atoms with E-state index in [0.29, 0.717) is 0 Å². The Labute approximate surface area is 112 Å². The van der Waals surface area contributed by atoms with Gasteiger partial charge in [0.2, 0.25) is 0 Å². The fourth-order valence-corrected chi connectivity index (χ4v) is 3.06. The molecule has 2 heteroatoms. The van der Waals surface area contributed by atoms with Crippen LogP contribution in [0, 0.1) is 0 Å². The van der Waals surface area contributed by atoms with Gasteiger partial charge < -0.3 is 5.11 Å². The second-order valence-electron chi connectivity index (χ2n) is 4.80. The van der Waals surface area contributed by atoms with Gasteiger partial charge in [-0.05, 0) is 31.5 Å². The van der Waals surface area contributed by atoms with Crippen LogP contribution in [0.3, 0.4) is 0 Å². The Balaban J connectivity index is 3.11. The fraction of sp³-hybridized carbons (Fsp3) is 0.625. The third-order valence-electron chi connectivity index (χ3n) is 4.24. The van der Waals surface area contributed by atoms with Crippen LogP contribution in [0.4, 0.5) is 0 Å². The summed E-state index contributed by atoms with van der Waals surface area (Å²) in [7, 11) is 0. The summed E-state index contributed by atoms with van der Waals surface area (Å²) < 4.78 is 0. The molecule has 0 fully saturated rings. The molecule has 0 saturated heterocycles. The number of aliphatic hydroxyl groups excluding tert-OH is 1. The topological polar surface area (TPSA) is 23.5 Å². The summed E-state index contributed by atoms with van der Waals surface area (Å²) in [6.45, 7) is 10.6. The van der Waals surface area contributed by atoms with Crippen LogP contribution in [-0.4, -0.2) is 28.6 Å². The van der Waals surface area contributed by atoms with E-state index in [1.54, 1.807) is 0 Å². The molecule has 0 aliphatic carbocycles. The maximum absolute atomic E-state index is 10.8. The molecule has 0 saturated carbocycles. The first-order chi connectivity index (χ1) is 8.66. The van der Waals surface area contributed by atoms with Gasteiger partial charge in [0.1, 0.15) is 0 Å². The number of hydrogen-bond donors (Lipinski definition) is 1. The minimum Gasteiger partial charge on any atom is -0.386 e. The maximum Gasteiger partial charge on any atom is 0.0973 e. The highest BCUT2D eigenvalue weighted by Gasteiger charge is 2.39. The molecule has 1 unspecified atom stereocenters. The first-order valence-corrected chi connectivity index (χ1v) is 7.14. The normalized spacial score (nSPS) is 13.9. The van der Waals surface area contributed by atoms with E-state index in [-0.39, 0.29) is 5.54 Å². The summed E-state index contributed by atoms with van der Waals surface area (Å²) in [6, 6.07) is 10.0. The summed E-state index contributed by atoms with van der Waals surface area (Å²) in [6.07, 6.45) is 1.50. The van der Waals surface area contributed by atoms with Crippen molar-refractivity contribution in [1.29, 1.82) is 0 Å². The van der Waals surface area contributed by atoms with E-state index >= 15 is 0 Å². The molecule has 1 aromatic rings. The largest absolute Gasteiger partial charge is 0.386 e. The Bertz CT molecular complexity index is 328. The summed E-state index contributed by atoms with van der Waals surface area (Å²) in [5.41, 5.74) is 0.873. The van der Waals surface area contributed by atoms with E-state index in [4.69, 9.17) is 0 Å². The van der Waals surface area contributed by atoms with E-state index in [9.17, 15) is 5.11 Å². The monoisotopic (exact) mass is 249 g/mol. The molecule has 0 aromatic heterocycles. The molecule has 2 nitrogen and oxygen atoms in total. The van der Waals surface area contributed by atoms with Crippen LogP contribution >= 0.6 is 0 Å². The predicted octanol–water partition coefficient (Wildman–Crippen LogP) is 3.62. The van der Waals surface area contributed by atoms with Gasteiger partial charge in [0.25, 0.3) is 0 Å². The average Bonchev–Trinajstić information content (AvgIpc) is 2.45. The van der Waals surface area contributed by atoms with Gasteiger partial charge in [-0.15, -0.1) is 0 Å². The van der Waals surface area contributed by atoms with Gasteiger partial charge in [0.05, 0.1) is 11.6 Å². The van der Waals surface area contributed by atoms with Crippen molar-refractivity contribution in [3.63, 3.8) is 0 Å². The summed E-state index contributed by atoms with van der Waals surface area (Å²) in [5, 5.41) is 10.8. The van der Waals surface area contributed by atoms with Crippen LogP contribution in [0.2, 0.25) is 0 Å². The summed E-state index contributed by atoms with van der Waals surface area (Å²) >= 11 is 0. The number of nitrogens with zero attached hydrogens (tertiary/aromatic N) is 1. The van der Waals surface area contributed by atoms with Crippen LogP contribution in [0.25, 0.3) is 0 Å². The van der Waals surface area contributed by atoms with E-state index in [1.807, 2.05) is 30.3 Å². The van der Waals surface area contributed by atoms with Crippen molar-refractivity contribution in [2.45, 2.75) is 52.2 Å². The maximum atomic E-state index is 10.8. The van der Waals surface area contributed by atoms with Gasteiger partial charge in [-0.3, -0.25) is 4.90 Å². The zero-order valence-corrected chi connectivity index (χ0v) is 12.2. The molecule has 1 aromatic carbocycles. The predicted molar refractivity (Wildman–Crippen MR) is 77.6 cm³/mol. The van der Waals surface area contributed by atoms with E-state index in [1.165, 1.54) is 0 Å². The molecule has 0 spiro atoms. The SMILES string of the molecule is CCN(CC)C(CC)(CC)C(O)c1ccccc1. The lowest BCUT2D eigenvalue weighted by atomic mass is 9.81. The highest BCUT2D eigenvalue weighted by atomic mass is 16.3. The zero-order valence-electron chi connectivity index (χ0n) is 12.2. The molecule has 0 heterocycles. The minimum absolute atomic E-state index is 0.148. The molecule has 1 rings (SSSR count). The number of benzene rings is 1. The van der Waals surface area contributed by atoms with Crippen molar-refractivity contribution >= 4 is 0 Å². The first-order valence-electron chi connectivity index (χ1n) is 7.14. The standard InChI is InChI=1S/C16H27NO/c1-5-16(6-2,17(7-3)8-4)15(18)14-12-10-9-11-13-14/h9-13,15,18H,5-8H2,1-4H3. The Morgan fingerprint density at radius 2 is 1.50 bits per heavy atom. The molecule has 0 bridgehead atoms. The highest BCUT2D eigenvalue weighted by molar-refractivity contribution is 5.21. The number of hydrogen-bond acceptors (Lipinski definition) is 2. The molecule has 102 valence electrons. The van der Waals surface area contributed by atoms with Crippen molar-refractivity contribution in [2.24, 2.45) is 0 Å². The lowest BCUT2D eigenvalue weighted by Gasteiger charge is -2.46. The zero-order chi connectivity index (χ0) is 13.6. The molecule has 18 heavy (non-hydrogen) atoms. The Morgan fingerprint density at radius 1 is 1.00 bits per heavy atom. The number of aliphatic hydroxyl groups is 1. The van der Waals surface area contributed by atoms with Crippen molar-refractivity contribution in [1.82, 2.24) is 4.90 Å². The fourth-order valence-electron chi connectivity index (χ4n) is 3.06. The summed E-state index contributed by atoms with van der Waals surface area (Å²) in [5.74, 6) is 0. The van der Waals surface area contributed by atoms with Crippen LogP contribution in [0.15, 0.2) is 30.3 Å². The summed E-state index contributed by atoms with van der Waals surface area (Å²) in [4.78, 5) is 2.39. The van der Waals surface area contributed by atoms with Gasteiger partial charge in [0.15, 0.2) is 0 Å². The Kier molecular flexibility index (Phi) is 5.83. The number of likely N-dealkylation sites (N-methyl/N-ethyl adjacent to an activating group) is 1. The van der Waals surface area contributed by atoms with Crippen molar-refractivity contribution in [2.75, 3.05) is 13.1 Å². The molecular formula is C16H27NO. The van der Waals surface area contributed by atoms with Gasteiger partial charge in [0, 0.05) is 0 Å². The molecule has 0 radical (unpaired) electrons. The third kappa shape index (κ3) is 2.76. The van der Waals surface area contributed by atoms with Crippen LogP contribution in [-0.2, 0) is 0 Å². The second-order valence-corrected chi connectivity index (χ2v) is 4.80. The Hall–Kier alpha value is -0.860. The lowest BCUT2D eigenvalue weighted by Crippen LogP contribution is -2.52. The lowest BCUT2D eigenvalue weighted by molar-refractivity contribution is -0.0366. The average molecular weight is 249 g/mol. The van der Waals surface area contributed by atoms with Crippen LogP contribution in [0.5, 0.6) is 0 Å². The third-order valence-corrected chi connectivity index (χ3v) is 4.24. The first kappa shape index (κ1) is 15.2. The highest BCUT2D eigenvalue weighted by Crippen LogP contribution is 2.37. The van der Waals surface area contributed by atoms with E-state index in [2.05, 4.69) is 32.6 Å². The van der Waals surface area contributed by atoms with Crippen LogP contribution in [0.1, 0.15) is 52.2 Å². The van der Waals surface area contributed by atoms with Gasteiger partial charge in [-0.25, -0.2) is 0 Å². The van der Waals surface area contributed by atoms with E-state index < -0.39 is 6.10 Å². The van der Waals surface area contributed by atoms with Gasteiger partial charge >= 0.3 is 0 Å².